The van der Waals surface area contributed by atoms with Crippen molar-refractivity contribution in [3.05, 3.63) is 27.9 Å². The van der Waals surface area contributed by atoms with Crippen molar-refractivity contribution >= 4 is 17.5 Å². The molecule has 1 aromatic rings. The fraction of sp³-hybridized carbons (Fsp3) is 0.455. The van der Waals surface area contributed by atoms with E-state index in [9.17, 15) is 14.9 Å². The number of nitrogens with zero attached hydrogens (tertiary/aromatic N) is 2. The monoisotopic (exact) mass is 253 g/mol. The Kier molecular flexibility index (Phi) is 3.85. The molecule has 1 heterocycles. The zero-order valence-corrected chi connectivity index (χ0v) is 10.4. The van der Waals surface area contributed by atoms with Gasteiger partial charge in [-0.2, -0.15) is 0 Å². The van der Waals surface area contributed by atoms with Gasteiger partial charge in [0.1, 0.15) is 0 Å². The summed E-state index contributed by atoms with van der Waals surface area (Å²) in [5.41, 5.74) is -0.902. The predicted molar refractivity (Wildman–Crippen MR) is 65.8 cm³/mol. The molecule has 0 saturated carbocycles. The minimum atomic E-state index is -1.24. The number of nitro groups is 1. The number of rotatable bonds is 5. The van der Waals surface area contributed by atoms with E-state index in [2.05, 4.69) is 10.3 Å². The Morgan fingerprint density at radius 3 is 2.67 bits per heavy atom. The predicted octanol–water partition coefficient (Wildman–Crippen LogP) is 2.29. The Labute approximate surface area is 104 Å². The lowest BCUT2D eigenvalue weighted by Crippen LogP contribution is -2.30. The Hall–Kier alpha value is -2.18. The standard InChI is InChI=1S/C11H15N3O4/c1-4-11(2,3)13-9-8(14(17)18)5-7(6-12-9)10(15)16/h5-6H,4H2,1-3H3,(H,12,13)(H,15,16). The third-order valence-electron chi connectivity index (χ3n) is 2.65. The van der Waals surface area contributed by atoms with E-state index < -0.39 is 10.9 Å². The van der Waals surface area contributed by atoms with Crippen LogP contribution in [-0.2, 0) is 0 Å². The van der Waals surface area contributed by atoms with Gasteiger partial charge in [0.15, 0.2) is 0 Å². The van der Waals surface area contributed by atoms with E-state index in [0.29, 0.717) is 0 Å². The van der Waals surface area contributed by atoms with Gasteiger partial charge >= 0.3 is 11.7 Å². The zero-order valence-electron chi connectivity index (χ0n) is 10.4. The van der Waals surface area contributed by atoms with Gasteiger partial charge in [0.25, 0.3) is 0 Å². The van der Waals surface area contributed by atoms with Crippen LogP contribution >= 0.6 is 0 Å². The molecule has 7 nitrogen and oxygen atoms in total. The van der Waals surface area contributed by atoms with Gasteiger partial charge < -0.3 is 10.4 Å². The molecule has 0 unspecified atom stereocenters. The molecule has 7 heteroatoms. The minimum Gasteiger partial charge on any atom is -0.478 e. The lowest BCUT2D eigenvalue weighted by molar-refractivity contribution is -0.384. The molecular formula is C11H15N3O4. The summed E-state index contributed by atoms with van der Waals surface area (Å²) in [5.74, 6) is -1.16. The van der Waals surface area contributed by atoms with Crippen LogP contribution in [0.2, 0.25) is 0 Å². The molecule has 0 atom stereocenters. The first-order valence-corrected chi connectivity index (χ1v) is 5.42. The first-order chi connectivity index (χ1) is 8.26. The summed E-state index contributed by atoms with van der Waals surface area (Å²) in [6.07, 6.45) is 1.84. The zero-order chi connectivity index (χ0) is 13.9. The van der Waals surface area contributed by atoms with Crippen LogP contribution in [0, 0.1) is 10.1 Å². The SMILES string of the molecule is CCC(C)(C)Nc1ncc(C(=O)O)cc1[N+](=O)[O-]. The van der Waals surface area contributed by atoms with Gasteiger partial charge in [0.05, 0.1) is 10.5 Å². The third kappa shape index (κ3) is 3.16. The van der Waals surface area contributed by atoms with Gasteiger partial charge in [-0.25, -0.2) is 9.78 Å². The van der Waals surface area contributed by atoms with Crippen LogP contribution in [0.1, 0.15) is 37.6 Å². The van der Waals surface area contributed by atoms with Crippen LogP contribution in [-0.4, -0.2) is 26.5 Å². The fourth-order valence-electron chi connectivity index (χ4n) is 1.21. The van der Waals surface area contributed by atoms with Crippen molar-refractivity contribution in [3.8, 4) is 0 Å². The van der Waals surface area contributed by atoms with Crippen molar-refractivity contribution < 1.29 is 14.8 Å². The highest BCUT2D eigenvalue weighted by Gasteiger charge is 2.23. The number of carboxylic acid groups (broad SMARTS) is 1. The lowest BCUT2D eigenvalue weighted by atomic mass is 10.0. The molecule has 0 aromatic carbocycles. The number of anilines is 1. The van der Waals surface area contributed by atoms with Gasteiger partial charge in [0.2, 0.25) is 5.82 Å². The molecule has 1 rings (SSSR count). The number of aromatic nitrogens is 1. The maximum Gasteiger partial charge on any atom is 0.337 e. The van der Waals surface area contributed by atoms with Gasteiger partial charge in [-0.05, 0) is 20.3 Å². The van der Waals surface area contributed by atoms with Crippen LogP contribution in [0.15, 0.2) is 12.3 Å². The summed E-state index contributed by atoms with van der Waals surface area (Å²) in [4.78, 5) is 24.8. The van der Waals surface area contributed by atoms with E-state index in [1.54, 1.807) is 0 Å². The van der Waals surface area contributed by atoms with E-state index in [1.165, 1.54) is 0 Å². The average molecular weight is 253 g/mol. The van der Waals surface area contributed by atoms with Gasteiger partial charge in [-0.3, -0.25) is 10.1 Å². The van der Waals surface area contributed by atoms with Crippen molar-refractivity contribution in [2.45, 2.75) is 32.7 Å². The second-order valence-electron chi connectivity index (χ2n) is 4.52. The summed E-state index contributed by atoms with van der Waals surface area (Å²) in [7, 11) is 0. The second kappa shape index (κ2) is 4.99. The molecule has 98 valence electrons. The average Bonchev–Trinajstić information content (AvgIpc) is 2.28. The Morgan fingerprint density at radius 2 is 2.22 bits per heavy atom. The van der Waals surface area contributed by atoms with Crippen LogP contribution < -0.4 is 5.32 Å². The van der Waals surface area contributed by atoms with Gasteiger partial charge in [-0.1, -0.05) is 6.92 Å². The molecule has 0 aliphatic rings. The van der Waals surface area contributed by atoms with E-state index >= 15 is 0 Å². The van der Waals surface area contributed by atoms with E-state index in [1.807, 2.05) is 20.8 Å². The molecule has 0 amide bonds. The van der Waals surface area contributed by atoms with Crippen molar-refractivity contribution in [3.63, 3.8) is 0 Å². The maximum atomic E-state index is 10.9. The molecule has 0 spiro atoms. The summed E-state index contributed by atoms with van der Waals surface area (Å²) in [5, 5.41) is 22.6. The van der Waals surface area contributed by atoms with E-state index in [4.69, 9.17) is 5.11 Å². The molecular weight excluding hydrogens is 238 g/mol. The van der Waals surface area contributed by atoms with Crippen LogP contribution in [0.25, 0.3) is 0 Å². The first kappa shape index (κ1) is 13.9. The van der Waals surface area contributed by atoms with Crippen LogP contribution in [0.4, 0.5) is 11.5 Å². The number of aromatic carboxylic acids is 1. The highest BCUT2D eigenvalue weighted by molar-refractivity contribution is 5.88. The van der Waals surface area contributed by atoms with Crippen molar-refractivity contribution in [2.75, 3.05) is 5.32 Å². The van der Waals surface area contributed by atoms with E-state index in [0.717, 1.165) is 18.7 Å². The highest BCUT2D eigenvalue weighted by Crippen LogP contribution is 2.26. The van der Waals surface area contributed by atoms with Crippen molar-refractivity contribution in [1.82, 2.24) is 4.98 Å². The normalized spacial score (nSPS) is 11.1. The molecule has 2 N–H and O–H groups in total. The second-order valence-corrected chi connectivity index (χ2v) is 4.52. The number of nitrogens with one attached hydrogen (secondary N) is 1. The molecule has 0 aliphatic heterocycles. The summed E-state index contributed by atoms with van der Waals surface area (Å²) < 4.78 is 0. The molecule has 0 aliphatic carbocycles. The Morgan fingerprint density at radius 1 is 1.61 bits per heavy atom. The number of carboxylic acids is 1. The molecule has 0 saturated heterocycles. The number of pyridine rings is 1. The molecule has 0 radical (unpaired) electrons. The smallest absolute Gasteiger partial charge is 0.337 e. The third-order valence-corrected chi connectivity index (χ3v) is 2.65. The topological polar surface area (TPSA) is 105 Å². The largest absolute Gasteiger partial charge is 0.478 e. The summed E-state index contributed by atoms with van der Waals surface area (Å²) >= 11 is 0. The summed E-state index contributed by atoms with van der Waals surface area (Å²) in [6, 6.07) is 1.00. The number of hydrogen-bond acceptors (Lipinski definition) is 5. The Balaban J connectivity index is 3.20. The lowest BCUT2D eigenvalue weighted by Gasteiger charge is -2.24. The molecule has 1 aromatic heterocycles. The van der Waals surface area contributed by atoms with Gasteiger partial charge in [0, 0.05) is 17.8 Å². The molecule has 0 fully saturated rings. The molecule has 0 bridgehead atoms. The van der Waals surface area contributed by atoms with Crippen LogP contribution in [0.3, 0.4) is 0 Å². The van der Waals surface area contributed by atoms with Gasteiger partial charge in [-0.15, -0.1) is 0 Å². The first-order valence-electron chi connectivity index (χ1n) is 5.42. The van der Waals surface area contributed by atoms with E-state index in [-0.39, 0.29) is 22.6 Å². The highest BCUT2D eigenvalue weighted by atomic mass is 16.6. The van der Waals surface area contributed by atoms with Crippen molar-refractivity contribution in [2.24, 2.45) is 0 Å². The fourth-order valence-corrected chi connectivity index (χ4v) is 1.21. The molecule has 18 heavy (non-hydrogen) atoms. The number of carbonyl (C=O) groups is 1. The number of hydrogen-bond donors (Lipinski definition) is 2. The van der Waals surface area contributed by atoms with Crippen LogP contribution in [0.5, 0.6) is 0 Å². The van der Waals surface area contributed by atoms with Crippen molar-refractivity contribution in [1.29, 1.82) is 0 Å². The minimum absolute atomic E-state index is 0.0804. The Bertz CT molecular complexity index is 485. The summed E-state index contributed by atoms with van der Waals surface area (Å²) in [6.45, 7) is 5.69. The maximum absolute atomic E-state index is 10.9. The quantitative estimate of drug-likeness (QED) is 0.616.